The molecule has 1 fully saturated rings. The van der Waals surface area contributed by atoms with Gasteiger partial charge in [0, 0.05) is 26.2 Å². The van der Waals surface area contributed by atoms with Crippen LogP contribution in [0.5, 0.6) is 0 Å². The minimum absolute atomic E-state index is 0.162. The maximum absolute atomic E-state index is 12.9. The lowest BCUT2D eigenvalue weighted by Crippen LogP contribution is -2.43. The summed E-state index contributed by atoms with van der Waals surface area (Å²) in [5.41, 5.74) is 0.828. The number of furan rings is 1. The molecule has 1 saturated heterocycles. The molecule has 3 aromatic rings. The Balaban J connectivity index is 1.74. The average Bonchev–Trinajstić information content (AvgIpc) is 3.19. The molecule has 0 saturated carbocycles. The highest BCUT2D eigenvalue weighted by atomic mass is 16.5. The number of ether oxygens (including phenoxy) is 1. The number of nitrogens with zero attached hydrogens (tertiary/aromatic N) is 3. The Morgan fingerprint density at radius 3 is 2.58 bits per heavy atom. The molecule has 0 radical (unpaired) electrons. The zero-order valence-corrected chi connectivity index (χ0v) is 14.6. The van der Waals surface area contributed by atoms with Crippen LogP contribution in [0.4, 0.5) is 0 Å². The van der Waals surface area contributed by atoms with Crippen LogP contribution in [-0.2, 0) is 17.8 Å². The van der Waals surface area contributed by atoms with Gasteiger partial charge in [0.1, 0.15) is 5.76 Å². The van der Waals surface area contributed by atoms with E-state index in [4.69, 9.17) is 14.6 Å². The number of fused-ring (bicyclic) bond motifs is 1. The molecule has 1 aliphatic rings. The van der Waals surface area contributed by atoms with Crippen LogP contribution in [0.1, 0.15) is 5.76 Å². The average molecular weight is 354 g/mol. The molecule has 4 rings (SSSR count). The molecule has 0 aliphatic carbocycles. The summed E-state index contributed by atoms with van der Waals surface area (Å²) in [7, 11) is 0. The van der Waals surface area contributed by atoms with Gasteiger partial charge in [0.15, 0.2) is 0 Å². The number of nitrogens with one attached hydrogen (secondary N) is 1. The van der Waals surface area contributed by atoms with Gasteiger partial charge in [-0.2, -0.15) is 0 Å². The number of para-hydroxylation sites is 1. The smallest absolute Gasteiger partial charge is 0.263 e. The molecule has 2 aromatic heterocycles. The first-order chi connectivity index (χ1) is 12.7. The van der Waals surface area contributed by atoms with Gasteiger partial charge in [-0.05, 0) is 24.3 Å². The normalized spacial score (nSPS) is 15.5. The summed E-state index contributed by atoms with van der Waals surface area (Å²) in [5, 5.41) is 9.25. The van der Waals surface area contributed by atoms with E-state index < -0.39 is 0 Å². The van der Waals surface area contributed by atoms with Crippen molar-refractivity contribution < 1.29 is 9.15 Å². The Labute approximate surface area is 150 Å². The molecule has 26 heavy (non-hydrogen) atoms. The van der Waals surface area contributed by atoms with E-state index in [-0.39, 0.29) is 17.7 Å². The van der Waals surface area contributed by atoms with Gasteiger partial charge in [-0.3, -0.25) is 19.7 Å². The molecule has 1 aliphatic heterocycles. The zero-order chi connectivity index (χ0) is 17.9. The van der Waals surface area contributed by atoms with Gasteiger partial charge in [0.05, 0.1) is 36.9 Å². The molecule has 3 heterocycles. The molecule has 1 aromatic carbocycles. The maximum atomic E-state index is 12.9. The molecule has 0 unspecified atom stereocenters. The number of morpholine rings is 1. The lowest BCUT2D eigenvalue weighted by Gasteiger charge is -2.27. The van der Waals surface area contributed by atoms with E-state index in [1.165, 1.54) is 4.57 Å². The predicted molar refractivity (Wildman–Crippen MR) is 97.1 cm³/mol. The summed E-state index contributed by atoms with van der Waals surface area (Å²) in [6, 6.07) is 11.1. The van der Waals surface area contributed by atoms with Crippen LogP contribution in [-0.4, -0.2) is 46.9 Å². The van der Waals surface area contributed by atoms with Crippen molar-refractivity contribution >= 4 is 10.9 Å². The summed E-state index contributed by atoms with van der Waals surface area (Å²) in [5.74, 6) is 0.663. The summed E-state index contributed by atoms with van der Waals surface area (Å²) < 4.78 is 14.2. The first-order valence-corrected chi connectivity index (χ1v) is 8.83. The van der Waals surface area contributed by atoms with Crippen LogP contribution >= 0.6 is 0 Å². The zero-order valence-electron chi connectivity index (χ0n) is 14.6. The molecular weight excluding hydrogens is 332 g/mol. The second kappa shape index (κ2) is 7.31. The predicted octanol–water partition coefficient (Wildman–Crippen LogP) is 1.26. The quantitative estimate of drug-likeness (QED) is 0.748. The lowest BCUT2D eigenvalue weighted by molar-refractivity contribution is 0.0363. The Morgan fingerprint density at radius 2 is 1.81 bits per heavy atom. The van der Waals surface area contributed by atoms with Crippen molar-refractivity contribution in [3.63, 3.8) is 0 Å². The first kappa shape index (κ1) is 16.8. The molecular formula is C19H22N4O3. The minimum Gasteiger partial charge on any atom is -0.467 e. The Kier molecular flexibility index (Phi) is 4.73. The number of hydrogen-bond acceptors (Lipinski definition) is 5. The summed E-state index contributed by atoms with van der Waals surface area (Å²) in [6.07, 6.45) is 1.58. The van der Waals surface area contributed by atoms with Crippen LogP contribution in [0.3, 0.4) is 0 Å². The third-order valence-corrected chi connectivity index (χ3v) is 4.82. The van der Waals surface area contributed by atoms with E-state index in [1.54, 1.807) is 12.3 Å². The summed E-state index contributed by atoms with van der Waals surface area (Å²) in [4.78, 5) is 15.2. The fraction of sp³-hybridized carbons (Fsp3) is 0.368. The van der Waals surface area contributed by atoms with Gasteiger partial charge < -0.3 is 13.7 Å². The van der Waals surface area contributed by atoms with E-state index in [1.807, 2.05) is 34.9 Å². The van der Waals surface area contributed by atoms with Crippen molar-refractivity contribution in [3.05, 3.63) is 64.4 Å². The second-order valence-electron chi connectivity index (χ2n) is 6.42. The van der Waals surface area contributed by atoms with E-state index in [9.17, 15) is 4.79 Å². The SMILES string of the molecule is N=c1n(Cc2ccco2)c(=O)c2ccccc2n1CCN1CCOCC1. The Bertz CT molecular complexity index is 998. The number of hydrogen-bond donors (Lipinski definition) is 1. The van der Waals surface area contributed by atoms with Crippen molar-refractivity contribution in [3.8, 4) is 0 Å². The fourth-order valence-corrected chi connectivity index (χ4v) is 3.39. The highest BCUT2D eigenvalue weighted by Gasteiger charge is 2.14. The monoisotopic (exact) mass is 354 g/mol. The van der Waals surface area contributed by atoms with Crippen molar-refractivity contribution in [1.29, 1.82) is 5.41 Å². The van der Waals surface area contributed by atoms with Gasteiger partial charge >= 0.3 is 0 Å². The van der Waals surface area contributed by atoms with Gasteiger partial charge in [0.25, 0.3) is 5.56 Å². The van der Waals surface area contributed by atoms with Crippen molar-refractivity contribution in [2.45, 2.75) is 13.1 Å². The van der Waals surface area contributed by atoms with Crippen LogP contribution in [0, 0.1) is 5.41 Å². The van der Waals surface area contributed by atoms with Crippen LogP contribution in [0.15, 0.2) is 51.9 Å². The van der Waals surface area contributed by atoms with Crippen molar-refractivity contribution in [2.24, 2.45) is 0 Å². The molecule has 7 nitrogen and oxygen atoms in total. The third-order valence-electron chi connectivity index (χ3n) is 4.82. The molecule has 136 valence electrons. The highest BCUT2D eigenvalue weighted by molar-refractivity contribution is 5.77. The standard InChI is InChI=1S/C19H22N4O3/c20-19-22(8-7-21-9-12-25-13-10-21)17-6-2-1-5-16(17)18(24)23(19)14-15-4-3-11-26-15/h1-6,11,20H,7-10,12-14H2. The molecule has 0 bridgehead atoms. The maximum Gasteiger partial charge on any atom is 0.263 e. The van der Waals surface area contributed by atoms with Gasteiger partial charge in [-0.15, -0.1) is 0 Å². The highest BCUT2D eigenvalue weighted by Crippen LogP contribution is 2.09. The van der Waals surface area contributed by atoms with E-state index in [0.29, 0.717) is 17.7 Å². The van der Waals surface area contributed by atoms with Gasteiger partial charge in [0.2, 0.25) is 5.62 Å². The van der Waals surface area contributed by atoms with Crippen molar-refractivity contribution in [1.82, 2.24) is 14.0 Å². The van der Waals surface area contributed by atoms with Crippen molar-refractivity contribution in [2.75, 3.05) is 32.8 Å². The van der Waals surface area contributed by atoms with E-state index in [2.05, 4.69) is 4.90 Å². The van der Waals surface area contributed by atoms with Gasteiger partial charge in [-0.25, -0.2) is 0 Å². The van der Waals surface area contributed by atoms with Crippen LogP contribution in [0.25, 0.3) is 10.9 Å². The minimum atomic E-state index is -0.162. The first-order valence-electron chi connectivity index (χ1n) is 8.83. The second-order valence-corrected chi connectivity index (χ2v) is 6.42. The Hall–Kier alpha value is -2.64. The van der Waals surface area contributed by atoms with E-state index in [0.717, 1.165) is 38.4 Å². The van der Waals surface area contributed by atoms with Crippen LogP contribution < -0.4 is 11.2 Å². The molecule has 7 heteroatoms. The summed E-state index contributed by atoms with van der Waals surface area (Å²) >= 11 is 0. The lowest BCUT2D eigenvalue weighted by atomic mass is 10.2. The molecule has 0 atom stereocenters. The number of aromatic nitrogens is 2. The molecule has 1 N–H and O–H groups in total. The fourth-order valence-electron chi connectivity index (χ4n) is 3.39. The number of benzene rings is 1. The number of rotatable bonds is 5. The van der Waals surface area contributed by atoms with E-state index >= 15 is 0 Å². The molecule has 0 spiro atoms. The topological polar surface area (TPSA) is 76.4 Å². The Morgan fingerprint density at radius 1 is 1.00 bits per heavy atom. The largest absolute Gasteiger partial charge is 0.467 e. The van der Waals surface area contributed by atoms with Crippen LogP contribution in [0.2, 0.25) is 0 Å². The third kappa shape index (κ3) is 3.23. The van der Waals surface area contributed by atoms with Gasteiger partial charge in [-0.1, -0.05) is 12.1 Å². The summed E-state index contributed by atoms with van der Waals surface area (Å²) in [6.45, 7) is 5.03. The molecule has 0 amide bonds.